The maximum absolute atomic E-state index is 2.61. The Labute approximate surface area is 167 Å². The monoisotopic (exact) mass is 366 g/mol. The smallest absolute Gasteiger partial charge is 0.186 e. The molecule has 2 heterocycles. The second-order valence-electron chi connectivity index (χ2n) is 9.65. The minimum absolute atomic E-state index is 0.00621. The third-order valence-electron chi connectivity index (χ3n) is 6.56. The fourth-order valence-corrected chi connectivity index (χ4v) is 5.68. The minimum atomic E-state index is 0.00621. The molecule has 1 heteroatoms. The summed E-state index contributed by atoms with van der Waals surface area (Å²) in [5, 5.41) is 4.02. The molecule has 0 radical (unpaired) electrons. The molecule has 4 aromatic rings. The fourth-order valence-electron chi connectivity index (χ4n) is 5.68. The summed E-state index contributed by atoms with van der Waals surface area (Å²) in [4.78, 5) is 0. The SMILES string of the molecule is Cc1cc2[n+](c3ccccc13)C(C)(C)CC(C)(C)c1ccc3ccccc3c1-2. The predicted octanol–water partition coefficient (Wildman–Crippen LogP) is 6.67. The lowest BCUT2D eigenvalue weighted by Gasteiger charge is -2.30. The lowest BCUT2D eigenvalue weighted by molar-refractivity contribution is -0.726. The number of fused-ring (bicyclic) bond motifs is 7. The van der Waals surface area contributed by atoms with Gasteiger partial charge >= 0.3 is 0 Å². The maximum atomic E-state index is 2.61. The lowest BCUT2D eigenvalue weighted by Crippen LogP contribution is -2.55. The quantitative estimate of drug-likeness (QED) is 0.306. The molecule has 1 aliphatic rings. The van der Waals surface area contributed by atoms with Crippen molar-refractivity contribution in [1.29, 1.82) is 0 Å². The van der Waals surface area contributed by atoms with Crippen molar-refractivity contribution in [3.05, 3.63) is 77.9 Å². The molecule has 0 spiro atoms. The van der Waals surface area contributed by atoms with Gasteiger partial charge in [0.2, 0.25) is 11.2 Å². The van der Waals surface area contributed by atoms with Crippen molar-refractivity contribution >= 4 is 21.7 Å². The summed E-state index contributed by atoms with van der Waals surface area (Å²) in [5.74, 6) is 0. The average molecular weight is 367 g/mol. The Morgan fingerprint density at radius 1 is 0.786 bits per heavy atom. The third kappa shape index (κ3) is 2.35. The summed E-state index contributed by atoms with van der Waals surface area (Å²) < 4.78 is 2.61. The molecule has 0 amide bonds. The van der Waals surface area contributed by atoms with Crippen LogP contribution in [0.2, 0.25) is 0 Å². The molecule has 5 rings (SSSR count). The fraction of sp³-hybridized carbons (Fsp3) is 0.296. The van der Waals surface area contributed by atoms with E-state index in [2.05, 4.69) is 106 Å². The highest BCUT2D eigenvalue weighted by Gasteiger charge is 2.45. The predicted molar refractivity (Wildman–Crippen MR) is 119 cm³/mol. The van der Waals surface area contributed by atoms with Crippen molar-refractivity contribution in [3.63, 3.8) is 0 Å². The third-order valence-corrected chi connectivity index (χ3v) is 6.56. The molecule has 0 unspecified atom stereocenters. The Hall–Kier alpha value is -2.67. The Balaban J connectivity index is 2.05. The molecule has 1 nitrogen and oxygen atoms in total. The van der Waals surface area contributed by atoms with Gasteiger partial charge in [-0.1, -0.05) is 62.4 Å². The highest BCUT2D eigenvalue weighted by molar-refractivity contribution is 5.98. The minimum Gasteiger partial charge on any atom is -0.186 e. The molecule has 0 atom stereocenters. The van der Waals surface area contributed by atoms with Gasteiger partial charge in [-0.05, 0) is 40.3 Å². The highest BCUT2D eigenvalue weighted by atomic mass is 15.1. The van der Waals surface area contributed by atoms with E-state index in [0.717, 1.165) is 6.42 Å². The number of aromatic nitrogens is 1. The molecule has 140 valence electrons. The number of nitrogens with zero attached hydrogens (tertiary/aromatic N) is 1. The van der Waals surface area contributed by atoms with Crippen molar-refractivity contribution in [1.82, 2.24) is 0 Å². The molecule has 3 aromatic carbocycles. The van der Waals surface area contributed by atoms with E-state index < -0.39 is 0 Å². The molecule has 28 heavy (non-hydrogen) atoms. The normalized spacial score (nSPS) is 17.2. The summed E-state index contributed by atoms with van der Waals surface area (Å²) in [5.41, 5.74) is 6.98. The molecule has 0 bridgehead atoms. The lowest BCUT2D eigenvalue weighted by atomic mass is 9.74. The highest BCUT2D eigenvalue weighted by Crippen LogP contribution is 2.45. The Kier molecular flexibility index (Phi) is 3.53. The van der Waals surface area contributed by atoms with Crippen LogP contribution in [-0.4, -0.2) is 0 Å². The van der Waals surface area contributed by atoms with Gasteiger partial charge in [-0.15, -0.1) is 0 Å². The van der Waals surface area contributed by atoms with Gasteiger partial charge < -0.3 is 0 Å². The Morgan fingerprint density at radius 2 is 1.46 bits per heavy atom. The second-order valence-corrected chi connectivity index (χ2v) is 9.65. The van der Waals surface area contributed by atoms with Crippen molar-refractivity contribution in [3.8, 4) is 11.3 Å². The first-order chi connectivity index (χ1) is 13.3. The number of aryl methyl sites for hydroxylation is 1. The second kappa shape index (κ2) is 5.67. The molecule has 0 N–H and O–H groups in total. The van der Waals surface area contributed by atoms with Crippen LogP contribution in [0.5, 0.6) is 0 Å². The van der Waals surface area contributed by atoms with Crippen molar-refractivity contribution < 1.29 is 4.57 Å². The first-order valence-electron chi connectivity index (χ1n) is 10.3. The van der Waals surface area contributed by atoms with Gasteiger partial charge in [0.05, 0.1) is 5.56 Å². The summed E-state index contributed by atoms with van der Waals surface area (Å²) in [6, 6.07) is 24.8. The largest absolute Gasteiger partial charge is 0.214 e. The first kappa shape index (κ1) is 17.4. The molecule has 0 aliphatic carbocycles. The topological polar surface area (TPSA) is 3.88 Å². The van der Waals surface area contributed by atoms with E-state index in [1.807, 2.05) is 0 Å². The van der Waals surface area contributed by atoms with Crippen LogP contribution in [0.4, 0.5) is 0 Å². The maximum Gasteiger partial charge on any atom is 0.214 e. The average Bonchev–Trinajstić information content (AvgIpc) is 2.72. The number of hydrogen-bond donors (Lipinski definition) is 0. The van der Waals surface area contributed by atoms with E-state index in [0.29, 0.717) is 0 Å². The van der Waals surface area contributed by atoms with Crippen LogP contribution >= 0.6 is 0 Å². The summed E-state index contributed by atoms with van der Waals surface area (Å²) >= 11 is 0. The van der Waals surface area contributed by atoms with Gasteiger partial charge in [0.15, 0.2) is 5.54 Å². The molecule has 0 saturated heterocycles. The van der Waals surface area contributed by atoms with Gasteiger partial charge in [0.1, 0.15) is 0 Å². The van der Waals surface area contributed by atoms with Gasteiger partial charge in [0.25, 0.3) is 0 Å². The summed E-state index contributed by atoms with van der Waals surface area (Å²) in [7, 11) is 0. The van der Waals surface area contributed by atoms with Crippen LogP contribution in [0.3, 0.4) is 0 Å². The summed E-state index contributed by atoms with van der Waals surface area (Å²) in [6.45, 7) is 11.9. The van der Waals surface area contributed by atoms with Crippen LogP contribution in [0.1, 0.15) is 45.2 Å². The molecule has 0 fully saturated rings. The number of benzene rings is 3. The van der Waals surface area contributed by atoms with Crippen molar-refractivity contribution in [2.24, 2.45) is 0 Å². The Morgan fingerprint density at radius 3 is 2.25 bits per heavy atom. The number of rotatable bonds is 0. The molecule has 1 aromatic heterocycles. The molecular formula is C27H28N+. The number of hydrogen-bond acceptors (Lipinski definition) is 0. The van der Waals surface area contributed by atoms with Crippen LogP contribution in [-0.2, 0) is 11.0 Å². The van der Waals surface area contributed by atoms with Crippen LogP contribution in [0, 0.1) is 6.92 Å². The van der Waals surface area contributed by atoms with Gasteiger partial charge in [-0.2, -0.15) is 4.57 Å². The standard InChI is InChI=1S/C27H28N/c1-18-16-24-25-21-12-7-6-10-19(21)14-15-22(25)26(2,3)17-27(4,5)28(24)23-13-9-8-11-20(18)23/h6-16H,17H2,1-5H3/q+1. The zero-order valence-electron chi connectivity index (χ0n) is 17.5. The zero-order chi connectivity index (χ0) is 19.7. The molecule has 1 aliphatic heterocycles. The van der Waals surface area contributed by atoms with E-state index >= 15 is 0 Å². The van der Waals surface area contributed by atoms with E-state index in [9.17, 15) is 0 Å². The van der Waals surface area contributed by atoms with Gasteiger partial charge in [-0.3, -0.25) is 0 Å². The first-order valence-corrected chi connectivity index (χ1v) is 10.3. The van der Waals surface area contributed by atoms with E-state index in [4.69, 9.17) is 0 Å². The molecule has 0 saturated carbocycles. The zero-order valence-corrected chi connectivity index (χ0v) is 17.5. The van der Waals surface area contributed by atoms with E-state index in [1.54, 1.807) is 0 Å². The van der Waals surface area contributed by atoms with E-state index in [-0.39, 0.29) is 11.0 Å². The Bertz CT molecular complexity index is 1240. The number of pyridine rings is 1. The summed E-state index contributed by atoms with van der Waals surface area (Å²) in [6.07, 6.45) is 1.09. The van der Waals surface area contributed by atoms with E-state index in [1.165, 1.54) is 44.1 Å². The van der Waals surface area contributed by atoms with Crippen molar-refractivity contribution in [2.75, 3.05) is 0 Å². The van der Waals surface area contributed by atoms with Crippen LogP contribution in [0.25, 0.3) is 32.9 Å². The van der Waals surface area contributed by atoms with Crippen LogP contribution < -0.4 is 4.57 Å². The van der Waals surface area contributed by atoms with Crippen LogP contribution in [0.15, 0.2) is 66.7 Å². The van der Waals surface area contributed by atoms with Crippen molar-refractivity contribution in [2.45, 2.75) is 52.0 Å². The van der Waals surface area contributed by atoms with Gasteiger partial charge in [0, 0.05) is 37.8 Å². The molecular weight excluding hydrogens is 338 g/mol. The number of para-hydroxylation sites is 1. The van der Waals surface area contributed by atoms with Gasteiger partial charge in [-0.25, -0.2) is 0 Å².